The Morgan fingerprint density at radius 2 is 2.20 bits per heavy atom. The number of furan rings is 1. The zero-order valence-electron chi connectivity index (χ0n) is 14.8. The number of unbranched alkanes of at least 4 members (excludes halogenated alkanes) is 1. The van der Waals surface area contributed by atoms with Crippen molar-refractivity contribution in [2.45, 2.75) is 45.2 Å². The number of nitrogens with zero attached hydrogens (tertiary/aromatic N) is 3. The van der Waals surface area contributed by atoms with E-state index in [0.717, 1.165) is 44.1 Å². The molecule has 1 atom stereocenters. The number of aromatic nitrogens is 2. The molecule has 2 aromatic rings. The van der Waals surface area contributed by atoms with Crippen LogP contribution < -0.4 is 10.6 Å². The van der Waals surface area contributed by atoms with Gasteiger partial charge in [0.05, 0.1) is 18.5 Å². The van der Waals surface area contributed by atoms with E-state index in [-0.39, 0.29) is 12.1 Å². The second kappa shape index (κ2) is 8.71. The molecule has 0 aromatic carbocycles. The van der Waals surface area contributed by atoms with Gasteiger partial charge in [0.25, 0.3) is 0 Å². The molecule has 25 heavy (non-hydrogen) atoms. The maximum absolute atomic E-state index is 12.3. The Labute approximate surface area is 148 Å². The van der Waals surface area contributed by atoms with Gasteiger partial charge in [-0.3, -0.25) is 10.2 Å². The number of urea groups is 1. The third-order valence-corrected chi connectivity index (χ3v) is 4.59. The largest absolute Gasteiger partial charge is 0.468 e. The molecule has 0 aliphatic carbocycles. The summed E-state index contributed by atoms with van der Waals surface area (Å²) in [7, 11) is 0. The zero-order chi connectivity index (χ0) is 17.5. The molecule has 2 N–H and O–H groups in total. The first-order valence-corrected chi connectivity index (χ1v) is 9.12. The molecule has 136 valence electrons. The summed E-state index contributed by atoms with van der Waals surface area (Å²) >= 11 is 0. The van der Waals surface area contributed by atoms with E-state index in [4.69, 9.17) is 4.42 Å². The van der Waals surface area contributed by atoms with Crippen molar-refractivity contribution in [1.29, 1.82) is 0 Å². The van der Waals surface area contributed by atoms with Gasteiger partial charge >= 0.3 is 6.03 Å². The first-order valence-electron chi connectivity index (χ1n) is 9.12. The SMILES string of the molecule is CCCCn1nccc1NC(=O)NCC(c1ccco1)N1CCCC1. The summed E-state index contributed by atoms with van der Waals surface area (Å²) in [6.07, 6.45) is 7.91. The maximum Gasteiger partial charge on any atom is 0.320 e. The average Bonchev–Trinajstić information content (AvgIpc) is 3.37. The summed E-state index contributed by atoms with van der Waals surface area (Å²) in [6.45, 7) is 5.54. The predicted octanol–water partition coefficient (Wildman–Crippen LogP) is 3.23. The molecule has 0 spiro atoms. The van der Waals surface area contributed by atoms with E-state index in [2.05, 4.69) is 27.6 Å². The highest BCUT2D eigenvalue weighted by Crippen LogP contribution is 2.24. The van der Waals surface area contributed by atoms with Crippen LogP contribution in [0.25, 0.3) is 0 Å². The Hall–Kier alpha value is -2.28. The van der Waals surface area contributed by atoms with E-state index < -0.39 is 0 Å². The molecule has 7 heteroatoms. The van der Waals surface area contributed by atoms with Gasteiger partial charge in [0.2, 0.25) is 0 Å². The van der Waals surface area contributed by atoms with Crippen LogP contribution in [-0.4, -0.2) is 40.3 Å². The molecule has 0 saturated carbocycles. The van der Waals surface area contributed by atoms with E-state index in [1.54, 1.807) is 12.5 Å². The molecule has 0 bridgehead atoms. The van der Waals surface area contributed by atoms with Crippen molar-refractivity contribution in [2.75, 3.05) is 25.0 Å². The molecule has 3 heterocycles. The smallest absolute Gasteiger partial charge is 0.320 e. The van der Waals surface area contributed by atoms with E-state index in [1.807, 2.05) is 22.9 Å². The lowest BCUT2D eigenvalue weighted by molar-refractivity contribution is 0.206. The Kier molecular flexibility index (Phi) is 6.11. The van der Waals surface area contributed by atoms with Gasteiger partial charge < -0.3 is 9.73 Å². The van der Waals surface area contributed by atoms with E-state index >= 15 is 0 Å². The minimum Gasteiger partial charge on any atom is -0.468 e. The van der Waals surface area contributed by atoms with Crippen LogP contribution in [0.3, 0.4) is 0 Å². The Morgan fingerprint density at radius 1 is 1.36 bits per heavy atom. The van der Waals surface area contributed by atoms with Crippen molar-refractivity contribution in [3.63, 3.8) is 0 Å². The van der Waals surface area contributed by atoms with Gasteiger partial charge in [-0.15, -0.1) is 0 Å². The van der Waals surface area contributed by atoms with Gasteiger partial charge in [-0.05, 0) is 44.5 Å². The summed E-state index contributed by atoms with van der Waals surface area (Å²) in [5.74, 6) is 1.62. The molecule has 1 aliphatic rings. The monoisotopic (exact) mass is 345 g/mol. The highest BCUT2D eigenvalue weighted by Gasteiger charge is 2.26. The normalized spacial score (nSPS) is 16.0. The number of nitrogens with one attached hydrogen (secondary N) is 2. The van der Waals surface area contributed by atoms with Gasteiger partial charge in [-0.1, -0.05) is 13.3 Å². The van der Waals surface area contributed by atoms with Crippen LogP contribution in [-0.2, 0) is 6.54 Å². The van der Waals surface area contributed by atoms with E-state index in [1.165, 1.54) is 12.8 Å². The predicted molar refractivity (Wildman–Crippen MR) is 96.4 cm³/mol. The second-order valence-electron chi connectivity index (χ2n) is 6.40. The van der Waals surface area contributed by atoms with Gasteiger partial charge in [0.1, 0.15) is 11.6 Å². The lowest BCUT2D eigenvalue weighted by Gasteiger charge is -2.26. The minimum absolute atomic E-state index is 0.0771. The van der Waals surface area contributed by atoms with Crippen LogP contribution in [0.15, 0.2) is 35.1 Å². The van der Waals surface area contributed by atoms with E-state index in [9.17, 15) is 4.79 Å². The van der Waals surface area contributed by atoms with Gasteiger partial charge in [0, 0.05) is 19.2 Å². The van der Waals surface area contributed by atoms with Crippen LogP contribution in [0.5, 0.6) is 0 Å². The number of amides is 2. The lowest BCUT2D eigenvalue weighted by atomic mass is 10.2. The van der Waals surface area contributed by atoms with E-state index in [0.29, 0.717) is 6.54 Å². The fraction of sp³-hybridized carbons (Fsp3) is 0.556. The van der Waals surface area contributed by atoms with Gasteiger partial charge in [0.15, 0.2) is 0 Å². The second-order valence-corrected chi connectivity index (χ2v) is 6.40. The third kappa shape index (κ3) is 4.63. The third-order valence-electron chi connectivity index (χ3n) is 4.59. The Bertz CT molecular complexity index is 646. The van der Waals surface area contributed by atoms with Crippen LogP contribution in [0.2, 0.25) is 0 Å². The standard InChI is InChI=1S/C18H27N5O2/c1-2-3-12-23-17(8-9-20-23)21-18(24)19-14-15(16-7-6-13-25-16)22-10-4-5-11-22/h6-9,13,15H,2-5,10-12,14H2,1H3,(H2,19,21,24). The number of rotatable bonds is 8. The first kappa shape index (κ1) is 17.5. The molecule has 2 aromatic heterocycles. The Morgan fingerprint density at radius 3 is 2.92 bits per heavy atom. The molecule has 1 aliphatic heterocycles. The summed E-state index contributed by atoms with van der Waals surface area (Å²) in [4.78, 5) is 14.7. The first-order chi connectivity index (χ1) is 12.3. The number of hydrogen-bond donors (Lipinski definition) is 2. The number of hydrogen-bond acceptors (Lipinski definition) is 4. The fourth-order valence-corrected chi connectivity index (χ4v) is 3.22. The summed E-state index contributed by atoms with van der Waals surface area (Å²) < 4.78 is 7.41. The number of aryl methyl sites for hydroxylation is 1. The minimum atomic E-state index is -0.214. The number of anilines is 1. The van der Waals surface area contributed by atoms with Crippen molar-refractivity contribution in [3.8, 4) is 0 Å². The van der Waals surface area contributed by atoms with Crippen molar-refractivity contribution in [1.82, 2.24) is 20.0 Å². The van der Waals surface area contributed by atoms with Crippen molar-refractivity contribution in [2.24, 2.45) is 0 Å². The highest BCUT2D eigenvalue weighted by molar-refractivity contribution is 5.88. The number of carbonyl (C=O) groups excluding carboxylic acids is 1. The number of carbonyl (C=O) groups is 1. The van der Waals surface area contributed by atoms with Crippen molar-refractivity contribution >= 4 is 11.8 Å². The molecular weight excluding hydrogens is 318 g/mol. The lowest BCUT2D eigenvalue weighted by Crippen LogP contribution is -2.38. The van der Waals surface area contributed by atoms with Crippen molar-refractivity contribution in [3.05, 3.63) is 36.4 Å². The van der Waals surface area contributed by atoms with Gasteiger partial charge in [-0.25, -0.2) is 9.48 Å². The summed E-state index contributed by atoms with van der Waals surface area (Å²) in [5.41, 5.74) is 0. The molecule has 1 fully saturated rings. The van der Waals surface area contributed by atoms with Crippen LogP contribution in [0.4, 0.5) is 10.6 Å². The zero-order valence-corrected chi connectivity index (χ0v) is 14.8. The molecule has 1 unspecified atom stereocenters. The van der Waals surface area contributed by atoms with Crippen LogP contribution in [0.1, 0.15) is 44.4 Å². The summed E-state index contributed by atoms with van der Waals surface area (Å²) in [5, 5.41) is 10.1. The summed E-state index contributed by atoms with van der Waals surface area (Å²) in [6, 6.07) is 5.55. The molecule has 3 rings (SSSR count). The van der Waals surface area contributed by atoms with Crippen LogP contribution in [0, 0.1) is 0 Å². The number of likely N-dealkylation sites (tertiary alicyclic amines) is 1. The van der Waals surface area contributed by atoms with Crippen LogP contribution >= 0.6 is 0 Å². The molecular formula is C18H27N5O2. The average molecular weight is 345 g/mol. The molecule has 2 amide bonds. The van der Waals surface area contributed by atoms with Crippen molar-refractivity contribution < 1.29 is 9.21 Å². The Balaban J connectivity index is 1.56. The topological polar surface area (TPSA) is 75.3 Å². The quantitative estimate of drug-likeness (QED) is 0.770. The molecule has 0 radical (unpaired) electrons. The highest BCUT2D eigenvalue weighted by atomic mass is 16.3. The fourth-order valence-electron chi connectivity index (χ4n) is 3.22. The molecule has 1 saturated heterocycles. The maximum atomic E-state index is 12.3. The molecule has 7 nitrogen and oxygen atoms in total. The van der Waals surface area contributed by atoms with Gasteiger partial charge in [-0.2, -0.15) is 5.10 Å².